The van der Waals surface area contributed by atoms with Crippen LogP contribution in [0.1, 0.15) is 13.8 Å². The average molecular weight is 292 g/mol. The van der Waals surface area contributed by atoms with Crippen molar-refractivity contribution in [3.63, 3.8) is 0 Å². The lowest BCUT2D eigenvalue weighted by Gasteiger charge is -2.24. The fourth-order valence-electron chi connectivity index (χ4n) is 0.659. The van der Waals surface area contributed by atoms with Crippen molar-refractivity contribution in [1.29, 1.82) is 0 Å². The molecule has 16 heavy (non-hydrogen) atoms. The van der Waals surface area contributed by atoms with E-state index in [0.29, 0.717) is 0 Å². The quantitative estimate of drug-likeness (QED) is 0.453. The zero-order chi connectivity index (χ0) is 12.9. The van der Waals surface area contributed by atoms with Crippen LogP contribution >= 0.6 is 34.8 Å². The van der Waals surface area contributed by atoms with E-state index < -0.39 is 27.9 Å². The first-order chi connectivity index (χ1) is 7.12. The minimum Gasteiger partial charge on any atom is -0.437 e. The smallest absolute Gasteiger partial charge is 0.324 e. The van der Waals surface area contributed by atoms with Crippen molar-refractivity contribution in [1.82, 2.24) is 10.6 Å². The number of rotatable bonds is 2. The normalized spacial score (nSPS) is 12.6. The molecule has 1 unspecified atom stereocenters. The highest BCUT2D eigenvalue weighted by molar-refractivity contribution is 6.68. The van der Waals surface area contributed by atoms with Crippen LogP contribution in [0.4, 0.5) is 4.79 Å². The van der Waals surface area contributed by atoms with Crippen molar-refractivity contribution < 1.29 is 19.1 Å². The molecular weight excluding hydrogens is 282 g/mol. The number of carbonyl (C=O) groups is 3. The number of hydrogen-bond acceptors (Lipinski definition) is 4. The highest BCUT2D eigenvalue weighted by atomic mass is 35.6. The molecule has 92 valence electrons. The molecule has 0 aromatic rings. The van der Waals surface area contributed by atoms with Crippen LogP contribution in [0.5, 0.6) is 0 Å². The van der Waals surface area contributed by atoms with E-state index >= 15 is 0 Å². The summed E-state index contributed by atoms with van der Waals surface area (Å²) in [5.74, 6) is -1.36. The number of halogens is 3. The molecule has 0 heterocycles. The average Bonchev–Trinajstić information content (AvgIpc) is 1.98. The Morgan fingerprint density at radius 1 is 1.19 bits per heavy atom. The van der Waals surface area contributed by atoms with Crippen LogP contribution in [0, 0.1) is 0 Å². The summed E-state index contributed by atoms with van der Waals surface area (Å²) in [5.41, 5.74) is 0. The van der Waals surface area contributed by atoms with Crippen molar-refractivity contribution in [2.75, 3.05) is 0 Å². The topological polar surface area (TPSA) is 84.5 Å². The number of urea groups is 1. The van der Waals surface area contributed by atoms with E-state index in [0.717, 1.165) is 13.8 Å². The molecule has 0 aromatic heterocycles. The fourth-order valence-corrected chi connectivity index (χ4v) is 0.956. The van der Waals surface area contributed by atoms with E-state index in [2.05, 4.69) is 4.74 Å². The molecule has 6 nitrogen and oxygen atoms in total. The molecule has 9 heteroatoms. The number of amides is 3. The molecule has 2 N–H and O–H groups in total. The molecule has 0 saturated heterocycles. The Kier molecular flexibility index (Phi) is 5.85. The highest BCUT2D eigenvalue weighted by Crippen LogP contribution is 2.30. The first-order valence-corrected chi connectivity index (χ1v) is 5.08. The third-order valence-corrected chi connectivity index (χ3v) is 1.73. The number of imide groups is 1. The van der Waals surface area contributed by atoms with Gasteiger partial charge >= 0.3 is 12.0 Å². The summed E-state index contributed by atoms with van der Waals surface area (Å²) in [6.45, 7) is 2.20. The van der Waals surface area contributed by atoms with Crippen LogP contribution in [0.25, 0.3) is 0 Å². The molecule has 3 amide bonds. The van der Waals surface area contributed by atoms with Gasteiger partial charge in [0.15, 0.2) is 0 Å². The number of carbonyl (C=O) groups excluding carboxylic acids is 3. The monoisotopic (exact) mass is 290 g/mol. The fraction of sp³-hybridized carbons (Fsp3) is 0.571. The van der Waals surface area contributed by atoms with E-state index in [9.17, 15) is 14.4 Å². The van der Waals surface area contributed by atoms with Gasteiger partial charge in [0, 0.05) is 13.8 Å². The van der Waals surface area contributed by atoms with E-state index in [4.69, 9.17) is 34.8 Å². The zero-order valence-corrected chi connectivity index (χ0v) is 10.6. The van der Waals surface area contributed by atoms with E-state index in [-0.39, 0.29) is 0 Å². The van der Waals surface area contributed by atoms with Crippen molar-refractivity contribution >= 4 is 52.7 Å². The molecule has 0 rings (SSSR count). The van der Waals surface area contributed by atoms with Crippen molar-refractivity contribution in [2.24, 2.45) is 0 Å². The molecule has 0 bridgehead atoms. The minimum absolute atomic E-state index is 0.608. The van der Waals surface area contributed by atoms with Crippen LogP contribution in [-0.4, -0.2) is 27.9 Å². The standard InChI is InChI=1S/C7H9Cl3N2O4/c1-3(13)11-6(15)12-5(7(8,9)10)16-4(2)14/h5H,1-2H3,(H2,11,12,13,15). The molecule has 0 radical (unpaired) electrons. The second-order valence-corrected chi connectivity index (χ2v) is 5.05. The van der Waals surface area contributed by atoms with Gasteiger partial charge in [0.2, 0.25) is 15.9 Å². The van der Waals surface area contributed by atoms with E-state index in [1.807, 2.05) is 10.6 Å². The molecule has 0 fully saturated rings. The summed E-state index contributed by atoms with van der Waals surface area (Å²) in [7, 11) is 0. The Balaban J connectivity index is 4.49. The SMILES string of the molecule is CC(=O)NC(=O)NC(OC(C)=O)C(Cl)(Cl)Cl. The number of ether oxygens (including phenoxy) is 1. The van der Waals surface area contributed by atoms with Gasteiger partial charge in [-0.25, -0.2) is 4.79 Å². The maximum atomic E-state index is 11.1. The van der Waals surface area contributed by atoms with Gasteiger partial charge in [-0.15, -0.1) is 0 Å². The second kappa shape index (κ2) is 6.12. The summed E-state index contributed by atoms with van der Waals surface area (Å²) in [4.78, 5) is 32.3. The van der Waals surface area contributed by atoms with Crippen LogP contribution in [0.3, 0.4) is 0 Å². The summed E-state index contributed by atoms with van der Waals surface area (Å²) in [6, 6.07) is -0.940. The molecule has 0 aliphatic rings. The van der Waals surface area contributed by atoms with Gasteiger partial charge in [0.25, 0.3) is 0 Å². The lowest BCUT2D eigenvalue weighted by atomic mass is 10.6. The molecule has 1 atom stereocenters. The van der Waals surface area contributed by atoms with Gasteiger partial charge < -0.3 is 4.74 Å². The first-order valence-electron chi connectivity index (χ1n) is 3.95. The Labute approximate surface area is 107 Å². The van der Waals surface area contributed by atoms with E-state index in [1.54, 1.807) is 0 Å². The zero-order valence-electron chi connectivity index (χ0n) is 8.34. The Morgan fingerprint density at radius 3 is 2.00 bits per heavy atom. The van der Waals surface area contributed by atoms with Gasteiger partial charge in [0.05, 0.1) is 0 Å². The summed E-state index contributed by atoms with van der Waals surface area (Å²) < 4.78 is 2.51. The summed E-state index contributed by atoms with van der Waals surface area (Å²) in [5, 5.41) is 3.87. The number of esters is 1. The molecule has 0 saturated carbocycles. The summed E-state index contributed by atoms with van der Waals surface area (Å²) >= 11 is 16.4. The van der Waals surface area contributed by atoms with Gasteiger partial charge in [-0.1, -0.05) is 34.8 Å². The van der Waals surface area contributed by atoms with Crippen LogP contribution in [-0.2, 0) is 14.3 Å². The predicted molar refractivity (Wildman–Crippen MR) is 58.2 cm³/mol. The highest BCUT2D eigenvalue weighted by Gasteiger charge is 2.36. The van der Waals surface area contributed by atoms with Crippen molar-refractivity contribution in [2.45, 2.75) is 23.9 Å². The molecule has 0 spiro atoms. The molecular formula is C7H9Cl3N2O4. The summed E-state index contributed by atoms with van der Waals surface area (Å²) in [6.07, 6.45) is -1.49. The third-order valence-electron chi connectivity index (χ3n) is 1.13. The van der Waals surface area contributed by atoms with Crippen LogP contribution in [0.15, 0.2) is 0 Å². The molecule has 0 aliphatic carbocycles. The predicted octanol–water partition coefficient (Wildman–Crippen LogP) is 1.09. The van der Waals surface area contributed by atoms with Gasteiger partial charge in [0.1, 0.15) is 0 Å². The minimum atomic E-state index is -2.04. The van der Waals surface area contributed by atoms with Crippen LogP contribution < -0.4 is 10.6 Å². The maximum Gasteiger partial charge on any atom is 0.324 e. The molecule has 0 aromatic carbocycles. The van der Waals surface area contributed by atoms with Crippen LogP contribution in [0.2, 0.25) is 0 Å². The first kappa shape index (κ1) is 15.3. The van der Waals surface area contributed by atoms with Gasteiger partial charge in [-0.3, -0.25) is 20.2 Å². The van der Waals surface area contributed by atoms with Crippen molar-refractivity contribution in [3.05, 3.63) is 0 Å². The number of alkyl halides is 3. The molecule has 0 aliphatic heterocycles. The van der Waals surface area contributed by atoms with E-state index in [1.165, 1.54) is 0 Å². The third kappa shape index (κ3) is 6.71. The van der Waals surface area contributed by atoms with Crippen molar-refractivity contribution in [3.8, 4) is 0 Å². The van der Waals surface area contributed by atoms with Gasteiger partial charge in [-0.05, 0) is 0 Å². The second-order valence-electron chi connectivity index (χ2n) is 2.69. The Morgan fingerprint density at radius 2 is 1.69 bits per heavy atom. The number of nitrogens with one attached hydrogen (secondary N) is 2. The lowest BCUT2D eigenvalue weighted by molar-refractivity contribution is -0.147. The number of hydrogen-bond donors (Lipinski definition) is 2. The van der Waals surface area contributed by atoms with Gasteiger partial charge in [-0.2, -0.15) is 0 Å². The largest absolute Gasteiger partial charge is 0.437 e. The Bertz CT molecular complexity index is 302. The maximum absolute atomic E-state index is 11.1. The lowest BCUT2D eigenvalue weighted by Crippen LogP contribution is -2.51. The Hall–Kier alpha value is -0.720.